The maximum Gasteiger partial charge on any atom is 0.371 e. The summed E-state index contributed by atoms with van der Waals surface area (Å²) in [6, 6.07) is 3.26. The molecule has 1 aliphatic carbocycles. The van der Waals surface area contributed by atoms with Gasteiger partial charge < -0.3 is 9.47 Å². The molecule has 0 saturated heterocycles. The Hall–Kier alpha value is -2.04. The Balaban J connectivity index is 1.83. The SMILES string of the molecule is C[C@H](NS(N)(=O)=O)c1cc(OCC2CC2CCOC(=O)C=O)ccc1F. The van der Waals surface area contributed by atoms with Crippen LogP contribution in [0.25, 0.3) is 0 Å². The first-order valence-corrected chi connectivity index (χ1v) is 9.58. The molecule has 1 fully saturated rings. The van der Waals surface area contributed by atoms with Crippen molar-refractivity contribution >= 4 is 22.5 Å². The third-order valence-corrected chi connectivity index (χ3v) is 4.82. The molecule has 3 atom stereocenters. The maximum atomic E-state index is 13.9. The third-order valence-electron chi connectivity index (χ3n) is 4.14. The lowest BCUT2D eigenvalue weighted by Crippen LogP contribution is -2.33. The monoisotopic (exact) mass is 388 g/mol. The summed E-state index contributed by atoms with van der Waals surface area (Å²) < 4.78 is 48.5. The van der Waals surface area contributed by atoms with Gasteiger partial charge in [0.05, 0.1) is 13.2 Å². The van der Waals surface area contributed by atoms with Crippen molar-refractivity contribution in [2.24, 2.45) is 17.0 Å². The number of hydrogen-bond donors (Lipinski definition) is 2. The van der Waals surface area contributed by atoms with Crippen molar-refractivity contribution < 1.29 is 31.9 Å². The number of nitrogens with one attached hydrogen (secondary N) is 1. The number of ether oxygens (including phenoxy) is 2. The molecule has 0 spiro atoms. The number of nitrogens with two attached hydrogens (primary N) is 1. The molecule has 8 nitrogen and oxygen atoms in total. The summed E-state index contributed by atoms with van der Waals surface area (Å²) in [5.74, 6) is -0.389. The van der Waals surface area contributed by atoms with Gasteiger partial charge in [0, 0.05) is 11.6 Å². The van der Waals surface area contributed by atoms with Gasteiger partial charge in [-0.05, 0) is 49.8 Å². The molecule has 26 heavy (non-hydrogen) atoms. The molecule has 1 aromatic carbocycles. The minimum Gasteiger partial charge on any atom is -0.493 e. The van der Waals surface area contributed by atoms with Gasteiger partial charge >= 0.3 is 5.97 Å². The summed E-state index contributed by atoms with van der Waals surface area (Å²) >= 11 is 0. The average Bonchev–Trinajstić information content (AvgIpc) is 3.30. The number of carbonyl (C=O) groups is 2. The molecular formula is C16H21FN2O6S. The lowest BCUT2D eigenvalue weighted by Gasteiger charge is -2.15. The molecule has 0 aliphatic heterocycles. The van der Waals surface area contributed by atoms with Gasteiger partial charge in [-0.3, -0.25) is 4.79 Å². The molecule has 1 aromatic rings. The van der Waals surface area contributed by atoms with Gasteiger partial charge in [0.25, 0.3) is 10.2 Å². The largest absolute Gasteiger partial charge is 0.493 e. The van der Waals surface area contributed by atoms with Crippen LogP contribution in [0.3, 0.4) is 0 Å². The first-order chi connectivity index (χ1) is 12.2. The summed E-state index contributed by atoms with van der Waals surface area (Å²) in [5, 5.41) is 4.91. The molecule has 0 amide bonds. The van der Waals surface area contributed by atoms with E-state index < -0.39 is 28.0 Å². The van der Waals surface area contributed by atoms with Crippen LogP contribution >= 0.6 is 0 Å². The van der Waals surface area contributed by atoms with E-state index in [9.17, 15) is 22.4 Å². The van der Waals surface area contributed by atoms with Crippen LogP contribution in [0.5, 0.6) is 5.75 Å². The van der Waals surface area contributed by atoms with Gasteiger partial charge in [-0.2, -0.15) is 13.1 Å². The van der Waals surface area contributed by atoms with Crippen molar-refractivity contribution in [3.63, 3.8) is 0 Å². The van der Waals surface area contributed by atoms with E-state index in [0.29, 0.717) is 30.6 Å². The summed E-state index contributed by atoms with van der Waals surface area (Å²) in [6.45, 7) is 2.08. The quantitative estimate of drug-likeness (QED) is 0.347. The van der Waals surface area contributed by atoms with E-state index in [-0.39, 0.29) is 18.5 Å². The normalized spacial score (nSPS) is 20.3. The van der Waals surface area contributed by atoms with Crippen LogP contribution in [0.4, 0.5) is 4.39 Å². The van der Waals surface area contributed by atoms with Gasteiger partial charge in [-0.15, -0.1) is 0 Å². The first kappa shape index (κ1) is 20.3. The zero-order valence-corrected chi connectivity index (χ0v) is 15.0. The van der Waals surface area contributed by atoms with E-state index >= 15 is 0 Å². The second kappa shape index (κ2) is 8.56. The Morgan fingerprint density at radius 3 is 2.85 bits per heavy atom. The molecule has 0 radical (unpaired) electrons. The highest BCUT2D eigenvalue weighted by atomic mass is 32.2. The van der Waals surface area contributed by atoms with E-state index in [1.165, 1.54) is 25.1 Å². The zero-order chi connectivity index (χ0) is 19.3. The van der Waals surface area contributed by atoms with Crippen LogP contribution in [0.2, 0.25) is 0 Å². The molecule has 0 heterocycles. The summed E-state index contributed by atoms with van der Waals surface area (Å²) in [6.07, 6.45) is 1.69. The topological polar surface area (TPSA) is 125 Å². The summed E-state index contributed by atoms with van der Waals surface area (Å²) in [4.78, 5) is 20.8. The van der Waals surface area contributed by atoms with Crippen molar-refractivity contribution in [2.45, 2.75) is 25.8 Å². The van der Waals surface area contributed by atoms with Crippen LogP contribution in [-0.2, 0) is 24.5 Å². The second-order valence-electron chi connectivity index (χ2n) is 6.21. The lowest BCUT2D eigenvalue weighted by atomic mass is 10.1. The van der Waals surface area contributed by atoms with Crippen molar-refractivity contribution in [2.75, 3.05) is 13.2 Å². The minimum absolute atomic E-state index is 0.129. The minimum atomic E-state index is -3.96. The van der Waals surface area contributed by atoms with E-state index in [1.54, 1.807) is 0 Å². The number of rotatable bonds is 10. The summed E-state index contributed by atoms with van der Waals surface area (Å²) in [7, 11) is -3.96. The number of benzene rings is 1. The van der Waals surface area contributed by atoms with Crippen molar-refractivity contribution in [3.8, 4) is 5.75 Å². The predicted molar refractivity (Wildman–Crippen MR) is 89.8 cm³/mol. The zero-order valence-electron chi connectivity index (χ0n) is 14.2. The Bertz CT molecular complexity index is 770. The molecule has 3 N–H and O–H groups in total. The summed E-state index contributed by atoms with van der Waals surface area (Å²) in [5.41, 5.74) is 0.129. The average molecular weight is 388 g/mol. The molecule has 2 unspecified atom stereocenters. The predicted octanol–water partition coefficient (Wildman–Crippen LogP) is 0.827. The molecule has 144 valence electrons. The Kier molecular flexibility index (Phi) is 6.68. The van der Waals surface area contributed by atoms with Crippen LogP contribution in [0, 0.1) is 17.7 Å². The highest BCUT2D eigenvalue weighted by molar-refractivity contribution is 7.87. The fraction of sp³-hybridized carbons (Fsp3) is 0.500. The number of carbonyl (C=O) groups excluding carboxylic acids is 2. The molecular weight excluding hydrogens is 367 g/mol. The Labute approximate surface area is 151 Å². The number of halogens is 1. The van der Waals surface area contributed by atoms with Gasteiger partial charge in [-0.1, -0.05) is 0 Å². The van der Waals surface area contributed by atoms with E-state index in [2.05, 4.69) is 4.72 Å². The highest BCUT2D eigenvalue weighted by Crippen LogP contribution is 2.41. The highest BCUT2D eigenvalue weighted by Gasteiger charge is 2.37. The fourth-order valence-electron chi connectivity index (χ4n) is 2.67. The van der Waals surface area contributed by atoms with E-state index in [0.717, 1.165) is 6.42 Å². The van der Waals surface area contributed by atoms with Crippen LogP contribution in [-0.4, -0.2) is 33.9 Å². The number of aldehydes is 1. The standard InChI is InChI=1S/C16H21FN2O6S/c1-10(19-26(18,22)23)14-7-13(2-3-15(14)17)25-9-12-6-11(12)4-5-24-16(21)8-20/h2-3,7-8,10-12,19H,4-6,9H2,1H3,(H2,18,22,23)/t10-,11?,12?/m0/s1. The Morgan fingerprint density at radius 2 is 2.19 bits per heavy atom. The van der Waals surface area contributed by atoms with Crippen LogP contribution in [0.15, 0.2) is 18.2 Å². The lowest BCUT2D eigenvalue weighted by molar-refractivity contribution is -0.148. The smallest absolute Gasteiger partial charge is 0.371 e. The van der Waals surface area contributed by atoms with Gasteiger partial charge in [-0.25, -0.2) is 14.3 Å². The molecule has 0 bridgehead atoms. The second-order valence-corrected chi connectivity index (χ2v) is 7.53. The van der Waals surface area contributed by atoms with Gasteiger partial charge in [0.15, 0.2) is 0 Å². The molecule has 1 aliphatic rings. The van der Waals surface area contributed by atoms with Crippen molar-refractivity contribution in [1.29, 1.82) is 0 Å². The van der Waals surface area contributed by atoms with Crippen molar-refractivity contribution in [3.05, 3.63) is 29.6 Å². The van der Waals surface area contributed by atoms with Crippen molar-refractivity contribution in [1.82, 2.24) is 4.72 Å². The van der Waals surface area contributed by atoms with Gasteiger partial charge in [0.2, 0.25) is 6.29 Å². The van der Waals surface area contributed by atoms with E-state index in [1.807, 2.05) is 0 Å². The number of hydrogen-bond acceptors (Lipinski definition) is 6. The molecule has 10 heteroatoms. The third kappa shape index (κ3) is 6.36. The Morgan fingerprint density at radius 1 is 1.46 bits per heavy atom. The fourth-order valence-corrected chi connectivity index (χ4v) is 3.29. The van der Waals surface area contributed by atoms with Gasteiger partial charge in [0.1, 0.15) is 11.6 Å². The maximum absolute atomic E-state index is 13.9. The van der Waals surface area contributed by atoms with E-state index in [4.69, 9.17) is 14.6 Å². The number of esters is 1. The molecule has 2 rings (SSSR count). The first-order valence-electron chi connectivity index (χ1n) is 8.04. The molecule has 1 saturated carbocycles. The van der Waals surface area contributed by atoms with Crippen LogP contribution < -0.4 is 14.6 Å². The molecule has 0 aromatic heterocycles. The van der Waals surface area contributed by atoms with Crippen LogP contribution in [0.1, 0.15) is 31.4 Å².